The molecule has 0 spiro atoms. The highest BCUT2D eigenvalue weighted by atomic mass is 16.5. The normalized spacial score (nSPS) is 15.5. The number of nitrogens with zero attached hydrogens (tertiary/aromatic N) is 1. The van der Waals surface area contributed by atoms with Gasteiger partial charge in [0.25, 0.3) is 5.91 Å². The Morgan fingerprint density at radius 2 is 1.96 bits per heavy atom. The van der Waals surface area contributed by atoms with Crippen molar-refractivity contribution in [2.24, 2.45) is 0 Å². The van der Waals surface area contributed by atoms with Crippen LogP contribution in [0.1, 0.15) is 55.8 Å². The number of para-hydroxylation sites is 1. The molecule has 0 saturated carbocycles. The van der Waals surface area contributed by atoms with E-state index >= 15 is 0 Å². The van der Waals surface area contributed by atoms with Crippen molar-refractivity contribution in [1.82, 2.24) is 5.32 Å². The molecule has 1 aliphatic heterocycles. The summed E-state index contributed by atoms with van der Waals surface area (Å²) in [7, 11) is 0. The molecule has 1 heterocycles. The summed E-state index contributed by atoms with van der Waals surface area (Å²) in [6.45, 7) is 6.66. The topological polar surface area (TPSA) is 58.6 Å². The van der Waals surface area contributed by atoms with Gasteiger partial charge >= 0.3 is 0 Å². The SMILES string of the molecule is CCCCCOc1ccccc1CN1C(=O)[C@H](NC(C)=O)c2cc(C)ccc21. The summed E-state index contributed by atoms with van der Waals surface area (Å²) in [6.07, 6.45) is 3.30. The number of benzene rings is 2. The Labute approximate surface area is 166 Å². The predicted molar refractivity (Wildman–Crippen MR) is 110 cm³/mol. The number of carbonyl (C=O) groups is 2. The average Bonchev–Trinajstić information content (AvgIpc) is 2.91. The first-order valence-electron chi connectivity index (χ1n) is 9.91. The van der Waals surface area contributed by atoms with E-state index in [2.05, 4.69) is 12.2 Å². The largest absolute Gasteiger partial charge is 0.493 e. The lowest BCUT2D eigenvalue weighted by atomic mass is 10.1. The minimum absolute atomic E-state index is 0.114. The summed E-state index contributed by atoms with van der Waals surface area (Å²) < 4.78 is 5.98. The number of rotatable bonds is 8. The zero-order valence-electron chi connectivity index (χ0n) is 16.8. The fourth-order valence-corrected chi connectivity index (χ4v) is 3.54. The summed E-state index contributed by atoms with van der Waals surface area (Å²) in [6, 6.07) is 13.1. The van der Waals surface area contributed by atoms with Crippen molar-refractivity contribution in [3.63, 3.8) is 0 Å². The molecule has 0 unspecified atom stereocenters. The van der Waals surface area contributed by atoms with Crippen LogP contribution in [0.15, 0.2) is 42.5 Å². The molecule has 2 aromatic carbocycles. The highest BCUT2D eigenvalue weighted by Gasteiger charge is 2.38. The molecule has 1 N–H and O–H groups in total. The quantitative estimate of drug-likeness (QED) is 0.695. The minimum atomic E-state index is -0.634. The van der Waals surface area contributed by atoms with Gasteiger partial charge < -0.3 is 15.0 Å². The lowest BCUT2D eigenvalue weighted by Gasteiger charge is -2.20. The molecular weight excluding hydrogens is 352 g/mol. The molecule has 28 heavy (non-hydrogen) atoms. The van der Waals surface area contributed by atoms with Gasteiger partial charge in [-0.1, -0.05) is 55.7 Å². The predicted octanol–water partition coefficient (Wildman–Crippen LogP) is 4.29. The van der Waals surface area contributed by atoms with E-state index < -0.39 is 6.04 Å². The van der Waals surface area contributed by atoms with Gasteiger partial charge in [-0.15, -0.1) is 0 Å². The second-order valence-corrected chi connectivity index (χ2v) is 7.28. The first-order chi connectivity index (χ1) is 13.5. The van der Waals surface area contributed by atoms with Crippen LogP contribution in [-0.2, 0) is 16.1 Å². The third-order valence-corrected chi connectivity index (χ3v) is 4.95. The van der Waals surface area contributed by atoms with Crippen molar-refractivity contribution in [2.45, 2.75) is 52.6 Å². The van der Waals surface area contributed by atoms with Crippen molar-refractivity contribution in [2.75, 3.05) is 11.5 Å². The standard InChI is InChI=1S/C23H28N2O3/c1-4-5-8-13-28-21-10-7-6-9-18(21)15-25-20-12-11-16(2)14-19(20)22(23(25)27)24-17(3)26/h6-7,9-12,14,22H,4-5,8,13,15H2,1-3H3,(H,24,26)/t22-/m1/s1. The van der Waals surface area contributed by atoms with Crippen LogP contribution < -0.4 is 15.0 Å². The Morgan fingerprint density at radius 3 is 2.71 bits per heavy atom. The fraction of sp³-hybridized carbons (Fsp3) is 0.391. The molecule has 5 heteroatoms. The third-order valence-electron chi connectivity index (χ3n) is 4.95. The molecule has 0 aromatic heterocycles. The summed E-state index contributed by atoms with van der Waals surface area (Å²) >= 11 is 0. The smallest absolute Gasteiger partial charge is 0.254 e. The zero-order valence-corrected chi connectivity index (χ0v) is 16.8. The summed E-state index contributed by atoms with van der Waals surface area (Å²) in [5, 5.41) is 2.79. The van der Waals surface area contributed by atoms with Crippen molar-refractivity contribution < 1.29 is 14.3 Å². The maximum Gasteiger partial charge on any atom is 0.254 e. The van der Waals surface area contributed by atoms with Gasteiger partial charge in [-0.25, -0.2) is 0 Å². The number of hydrogen-bond acceptors (Lipinski definition) is 3. The van der Waals surface area contributed by atoms with Crippen LogP contribution in [-0.4, -0.2) is 18.4 Å². The number of unbranched alkanes of at least 4 members (excludes halogenated alkanes) is 2. The number of ether oxygens (including phenoxy) is 1. The maximum atomic E-state index is 13.1. The number of carbonyl (C=O) groups excluding carboxylic acids is 2. The molecule has 0 saturated heterocycles. The molecule has 0 aliphatic carbocycles. The first-order valence-corrected chi connectivity index (χ1v) is 9.91. The van der Waals surface area contributed by atoms with E-state index in [4.69, 9.17) is 4.74 Å². The number of nitrogens with one attached hydrogen (secondary N) is 1. The van der Waals surface area contributed by atoms with Crippen LogP contribution >= 0.6 is 0 Å². The van der Waals surface area contributed by atoms with Crippen LogP contribution in [0.3, 0.4) is 0 Å². The summed E-state index contributed by atoms with van der Waals surface area (Å²) in [5.74, 6) is 0.479. The van der Waals surface area contributed by atoms with Gasteiger partial charge in [0.05, 0.1) is 13.2 Å². The van der Waals surface area contributed by atoms with Crippen molar-refractivity contribution in [1.29, 1.82) is 0 Å². The van der Waals surface area contributed by atoms with Gasteiger partial charge in [0.15, 0.2) is 0 Å². The molecular formula is C23H28N2O3. The highest BCUT2D eigenvalue weighted by Crippen LogP contribution is 2.38. The Kier molecular flexibility index (Phi) is 6.34. The Hall–Kier alpha value is -2.82. The van der Waals surface area contributed by atoms with E-state index in [9.17, 15) is 9.59 Å². The average molecular weight is 380 g/mol. The van der Waals surface area contributed by atoms with Crippen LogP contribution in [0.2, 0.25) is 0 Å². The Morgan fingerprint density at radius 1 is 1.18 bits per heavy atom. The van der Waals surface area contributed by atoms with E-state index in [1.54, 1.807) is 4.90 Å². The molecule has 1 atom stereocenters. The molecule has 5 nitrogen and oxygen atoms in total. The lowest BCUT2D eigenvalue weighted by molar-refractivity contribution is -0.126. The summed E-state index contributed by atoms with van der Waals surface area (Å²) in [5.41, 5.74) is 3.71. The Bertz CT molecular complexity index is 863. The molecule has 3 rings (SSSR count). The number of amides is 2. The second-order valence-electron chi connectivity index (χ2n) is 7.28. The second kappa shape index (κ2) is 8.91. The first kappa shape index (κ1) is 19.9. The number of aryl methyl sites for hydroxylation is 1. The molecule has 2 aromatic rings. The monoisotopic (exact) mass is 380 g/mol. The maximum absolute atomic E-state index is 13.1. The number of hydrogen-bond donors (Lipinski definition) is 1. The molecule has 2 amide bonds. The van der Waals surface area contributed by atoms with Crippen LogP contribution in [0.5, 0.6) is 5.75 Å². The Balaban J connectivity index is 1.85. The van der Waals surface area contributed by atoms with Gasteiger partial charge in [0, 0.05) is 23.7 Å². The minimum Gasteiger partial charge on any atom is -0.493 e. The molecule has 0 bridgehead atoms. The highest BCUT2D eigenvalue weighted by molar-refractivity contribution is 6.06. The van der Waals surface area contributed by atoms with Crippen molar-refractivity contribution in [3.8, 4) is 5.75 Å². The van der Waals surface area contributed by atoms with E-state index in [1.165, 1.54) is 6.92 Å². The van der Waals surface area contributed by atoms with Crippen molar-refractivity contribution >= 4 is 17.5 Å². The summed E-state index contributed by atoms with van der Waals surface area (Å²) in [4.78, 5) is 26.5. The van der Waals surface area contributed by atoms with E-state index in [0.717, 1.165) is 47.4 Å². The van der Waals surface area contributed by atoms with Crippen LogP contribution in [0, 0.1) is 6.92 Å². The molecule has 148 valence electrons. The fourth-order valence-electron chi connectivity index (χ4n) is 3.54. The van der Waals surface area contributed by atoms with Gasteiger partial charge in [0.2, 0.25) is 5.91 Å². The number of fused-ring (bicyclic) bond motifs is 1. The van der Waals surface area contributed by atoms with Crippen LogP contribution in [0.25, 0.3) is 0 Å². The van der Waals surface area contributed by atoms with E-state index in [0.29, 0.717) is 13.2 Å². The molecule has 0 fully saturated rings. The molecule has 0 radical (unpaired) electrons. The van der Waals surface area contributed by atoms with Gasteiger partial charge in [0.1, 0.15) is 11.8 Å². The van der Waals surface area contributed by atoms with Gasteiger partial charge in [-0.3, -0.25) is 9.59 Å². The van der Waals surface area contributed by atoms with Crippen LogP contribution in [0.4, 0.5) is 5.69 Å². The van der Waals surface area contributed by atoms with Gasteiger partial charge in [-0.2, -0.15) is 0 Å². The van der Waals surface area contributed by atoms with E-state index in [1.807, 2.05) is 49.4 Å². The third kappa shape index (κ3) is 4.35. The zero-order chi connectivity index (χ0) is 20.1. The lowest BCUT2D eigenvalue weighted by Crippen LogP contribution is -2.36. The van der Waals surface area contributed by atoms with Crippen molar-refractivity contribution in [3.05, 3.63) is 59.2 Å². The van der Waals surface area contributed by atoms with Gasteiger partial charge in [-0.05, 0) is 25.5 Å². The molecule has 1 aliphatic rings. The number of anilines is 1. The van der Waals surface area contributed by atoms with E-state index in [-0.39, 0.29) is 11.8 Å².